The molecule has 1 heterocycles. The summed E-state index contributed by atoms with van der Waals surface area (Å²) >= 11 is 0. The van der Waals surface area contributed by atoms with Crippen molar-refractivity contribution in [3.05, 3.63) is 30.3 Å². The molecule has 0 aromatic heterocycles. The molecule has 25 heavy (non-hydrogen) atoms. The molecule has 0 bridgehead atoms. The number of nitrogens with zero attached hydrogens (tertiary/aromatic N) is 1. The summed E-state index contributed by atoms with van der Waals surface area (Å²) in [5.41, 5.74) is 0. The van der Waals surface area contributed by atoms with Crippen molar-refractivity contribution in [2.24, 2.45) is 5.92 Å². The van der Waals surface area contributed by atoms with E-state index in [4.69, 9.17) is 0 Å². The first kappa shape index (κ1) is 19.9. The Hall–Kier alpha value is -1.40. The molecule has 5 nitrogen and oxygen atoms in total. The molecule has 1 fully saturated rings. The minimum absolute atomic E-state index is 0.0701. The molecule has 1 saturated heterocycles. The average molecular weight is 367 g/mol. The Morgan fingerprint density at radius 2 is 1.84 bits per heavy atom. The van der Waals surface area contributed by atoms with Gasteiger partial charge in [-0.3, -0.25) is 4.79 Å². The largest absolute Gasteiger partial charge is 0.353 e. The van der Waals surface area contributed by atoms with Crippen LogP contribution in [0.2, 0.25) is 0 Å². The standard InChI is InChI=1S/C19H30N2O3S/c1-3-4-6-9-16(2)20-19(22)17-12-14-21(15-13-17)25(23,24)18-10-7-5-8-11-18/h5,7-8,10-11,16-17H,3-4,6,9,12-15H2,1-2H3,(H,20,22). The van der Waals surface area contributed by atoms with Crippen LogP contribution in [0.1, 0.15) is 52.4 Å². The molecule has 1 aliphatic rings. The second-order valence-electron chi connectivity index (χ2n) is 6.90. The highest BCUT2D eigenvalue weighted by atomic mass is 32.2. The SMILES string of the molecule is CCCCCC(C)NC(=O)C1CCN(S(=O)(=O)c2ccccc2)CC1. The predicted octanol–water partition coefficient (Wildman–Crippen LogP) is 3.17. The molecule has 1 aliphatic heterocycles. The lowest BCUT2D eigenvalue weighted by molar-refractivity contribution is -0.126. The van der Waals surface area contributed by atoms with E-state index < -0.39 is 10.0 Å². The second kappa shape index (κ2) is 9.34. The van der Waals surface area contributed by atoms with Crippen molar-refractivity contribution in [1.29, 1.82) is 0 Å². The summed E-state index contributed by atoms with van der Waals surface area (Å²) < 4.78 is 26.7. The summed E-state index contributed by atoms with van der Waals surface area (Å²) in [5, 5.41) is 3.09. The monoisotopic (exact) mass is 366 g/mol. The quantitative estimate of drug-likeness (QED) is 0.719. The van der Waals surface area contributed by atoms with Crippen molar-refractivity contribution in [1.82, 2.24) is 9.62 Å². The van der Waals surface area contributed by atoms with Gasteiger partial charge in [0, 0.05) is 25.0 Å². The van der Waals surface area contributed by atoms with Gasteiger partial charge in [-0.2, -0.15) is 4.31 Å². The molecule has 0 spiro atoms. The zero-order valence-corrected chi connectivity index (χ0v) is 16.1. The van der Waals surface area contributed by atoms with Gasteiger partial charge in [-0.05, 0) is 38.3 Å². The van der Waals surface area contributed by atoms with E-state index in [1.165, 1.54) is 17.1 Å². The van der Waals surface area contributed by atoms with Crippen LogP contribution >= 0.6 is 0 Å². The Kier molecular flexibility index (Phi) is 7.44. The van der Waals surface area contributed by atoms with Crippen LogP contribution in [0.3, 0.4) is 0 Å². The summed E-state index contributed by atoms with van der Waals surface area (Å²) in [6.07, 6.45) is 5.66. The number of rotatable bonds is 8. The topological polar surface area (TPSA) is 66.5 Å². The molecule has 0 radical (unpaired) electrons. The van der Waals surface area contributed by atoms with E-state index in [0.29, 0.717) is 30.8 Å². The van der Waals surface area contributed by atoms with Gasteiger partial charge >= 0.3 is 0 Å². The Morgan fingerprint density at radius 3 is 2.44 bits per heavy atom. The zero-order chi connectivity index (χ0) is 18.3. The van der Waals surface area contributed by atoms with E-state index in [1.54, 1.807) is 30.3 Å². The van der Waals surface area contributed by atoms with Crippen LogP contribution in [0.4, 0.5) is 0 Å². The lowest BCUT2D eigenvalue weighted by atomic mass is 9.96. The van der Waals surface area contributed by atoms with E-state index >= 15 is 0 Å². The van der Waals surface area contributed by atoms with E-state index in [-0.39, 0.29) is 17.9 Å². The summed E-state index contributed by atoms with van der Waals surface area (Å²) in [4.78, 5) is 12.7. The van der Waals surface area contributed by atoms with Crippen LogP contribution in [0, 0.1) is 5.92 Å². The Balaban J connectivity index is 1.84. The van der Waals surface area contributed by atoms with Gasteiger partial charge in [0.1, 0.15) is 0 Å². The van der Waals surface area contributed by atoms with Crippen LogP contribution in [-0.4, -0.2) is 37.8 Å². The van der Waals surface area contributed by atoms with E-state index in [9.17, 15) is 13.2 Å². The lowest BCUT2D eigenvalue weighted by Gasteiger charge is -2.31. The molecule has 1 aromatic rings. The first-order valence-electron chi connectivity index (χ1n) is 9.30. The molecule has 1 amide bonds. The molecule has 140 valence electrons. The van der Waals surface area contributed by atoms with Crippen molar-refractivity contribution in [2.45, 2.75) is 63.3 Å². The van der Waals surface area contributed by atoms with Gasteiger partial charge < -0.3 is 5.32 Å². The highest BCUT2D eigenvalue weighted by Gasteiger charge is 2.32. The minimum atomic E-state index is -3.45. The fourth-order valence-corrected chi connectivity index (χ4v) is 4.72. The molecule has 1 unspecified atom stereocenters. The fraction of sp³-hybridized carbons (Fsp3) is 0.632. The zero-order valence-electron chi connectivity index (χ0n) is 15.3. The number of benzene rings is 1. The van der Waals surface area contributed by atoms with Crippen LogP contribution < -0.4 is 5.32 Å². The summed E-state index contributed by atoms with van der Waals surface area (Å²) in [7, 11) is -3.45. The van der Waals surface area contributed by atoms with E-state index in [2.05, 4.69) is 12.2 Å². The third kappa shape index (κ3) is 5.54. The Morgan fingerprint density at radius 1 is 1.20 bits per heavy atom. The lowest BCUT2D eigenvalue weighted by Crippen LogP contribution is -2.44. The molecule has 6 heteroatoms. The third-order valence-corrected chi connectivity index (χ3v) is 6.75. The van der Waals surface area contributed by atoms with Gasteiger partial charge in [0.15, 0.2) is 0 Å². The number of nitrogens with one attached hydrogen (secondary N) is 1. The van der Waals surface area contributed by atoms with Gasteiger partial charge in [0.25, 0.3) is 0 Å². The van der Waals surface area contributed by atoms with Gasteiger partial charge in [0.2, 0.25) is 15.9 Å². The Bertz CT molecular complexity index is 638. The van der Waals surface area contributed by atoms with Gasteiger partial charge in [-0.15, -0.1) is 0 Å². The first-order chi connectivity index (χ1) is 11.9. The highest BCUT2D eigenvalue weighted by Crippen LogP contribution is 2.24. The number of amides is 1. The molecular weight excluding hydrogens is 336 g/mol. The van der Waals surface area contributed by atoms with Crippen LogP contribution in [0.5, 0.6) is 0 Å². The summed E-state index contributed by atoms with van der Waals surface area (Å²) in [5.74, 6) is -0.0170. The van der Waals surface area contributed by atoms with Crippen LogP contribution in [0.25, 0.3) is 0 Å². The smallest absolute Gasteiger partial charge is 0.243 e. The van der Waals surface area contributed by atoms with Gasteiger partial charge in [-0.1, -0.05) is 44.4 Å². The molecule has 0 aliphatic carbocycles. The minimum Gasteiger partial charge on any atom is -0.353 e. The molecule has 2 rings (SSSR count). The highest BCUT2D eigenvalue weighted by molar-refractivity contribution is 7.89. The van der Waals surface area contributed by atoms with E-state index in [0.717, 1.165) is 12.8 Å². The third-order valence-electron chi connectivity index (χ3n) is 4.84. The summed E-state index contributed by atoms with van der Waals surface area (Å²) in [6, 6.07) is 8.68. The molecule has 0 saturated carbocycles. The number of hydrogen-bond donors (Lipinski definition) is 1. The fourth-order valence-electron chi connectivity index (χ4n) is 3.23. The predicted molar refractivity (Wildman–Crippen MR) is 99.7 cm³/mol. The van der Waals surface area contributed by atoms with Gasteiger partial charge in [-0.25, -0.2) is 8.42 Å². The summed E-state index contributed by atoms with van der Waals surface area (Å²) in [6.45, 7) is 5.02. The van der Waals surface area contributed by atoms with Crippen molar-refractivity contribution in [2.75, 3.05) is 13.1 Å². The normalized spacial score (nSPS) is 18.0. The van der Waals surface area contributed by atoms with Crippen molar-refractivity contribution < 1.29 is 13.2 Å². The second-order valence-corrected chi connectivity index (χ2v) is 8.83. The average Bonchev–Trinajstić information content (AvgIpc) is 2.62. The number of carbonyl (C=O) groups excluding carboxylic acids is 1. The number of unbranched alkanes of at least 4 members (excludes halogenated alkanes) is 2. The van der Waals surface area contributed by atoms with Crippen LogP contribution in [-0.2, 0) is 14.8 Å². The number of sulfonamides is 1. The molecular formula is C19H30N2O3S. The van der Waals surface area contributed by atoms with Gasteiger partial charge in [0.05, 0.1) is 4.90 Å². The first-order valence-corrected chi connectivity index (χ1v) is 10.7. The maximum absolute atomic E-state index is 12.6. The Labute approximate surface area is 151 Å². The maximum atomic E-state index is 12.6. The maximum Gasteiger partial charge on any atom is 0.243 e. The van der Waals surface area contributed by atoms with Crippen molar-refractivity contribution in [3.63, 3.8) is 0 Å². The van der Waals surface area contributed by atoms with Crippen molar-refractivity contribution in [3.8, 4) is 0 Å². The number of piperidine rings is 1. The molecule has 1 atom stereocenters. The number of carbonyl (C=O) groups is 1. The number of hydrogen-bond acceptors (Lipinski definition) is 3. The van der Waals surface area contributed by atoms with E-state index in [1.807, 2.05) is 6.92 Å². The van der Waals surface area contributed by atoms with Crippen molar-refractivity contribution >= 4 is 15.9 Å². The molecule has 1 aromatic carbocycles. The molecule has 1 N–H and O–H groups in total. The van der Waals surface area contributed by atoms with Crippen LogP contribution in [0.15, 0.2) is 35.2 Å².